The average Bonchev–Trinajstić information content (AvgIpc) is 3.07. The first-order valence-electron chi connectivity index (χ1n) is 8.40. The summed E-state index contributed by atoms with van der Waals surface area (Å²) in [5, 5.41) is 3.72. The van der Waals surface area contributed by atoms with Gasteiger partial charge in [-0.3, -0.25) is 4.79 Å². The monoisotopic (exact) mass is 379 g/mol. The van der Waals surface area contributed by atoms with Crippen molar-refractivity contribution in [3.63, 3.8) is 0 Å². The fraction of sp³-hybridized carbons (Fsp3) is 0.471. The van der Waals surface area contributed by atoms with Crippen molar-refractivity contribution in [3.05, 3.63) is 41.5 Å². The van der Waals surface area contributed by atoms with Crippen LogP contribution < -0.4 is 0 Å². The van der Waals surface area contributed by atoms with Crippen molar-refractivity contribution in [2.24, 2.45) is 0 Å². The van der Waals surface area contributed by atoms with Gasteiger partial charge in [0.05, 0.1) is 18.1 Å². The minimum absolute atomic E-state index is 0.000303. The third-order valence-electron chi connectivity index (χ3n) is 4.13. The average molecular weight is 379 g/mol. The highest BCUT2D eigenvalue weighted by molar-refractivity contribution is 7.90. The Balaban J connectivity index is 1.57. The highest BCUT2D eigenvalue weighted by atomic mass is 32.2. The van der Waals surface area contributed by atoms with E-state index in [9.17, 15) is 13.2 Å². The Morgan fingerprint density at radius 2 is 1.88 bits per heavy atom. The van der Waals surface area contributed by atoms with Crippen LogP contribution in [0, 0.1) is 6.92 Å². The molecule has 1 fully saturated rings. The SMILES string of the molecule is Cc1ccc(S(=O)(=O)Cc2noc(CCC(=O)N3CCOCC3)n2)cc1. The second-order valence-electron chi connectivity index (χ2n) is 6.17. The first kappa shape index (κ1) is 18.5. The number of hydrogen-bond donors (Lipinski definition) is 0. The number of benzene rings is 1. The van der Waals surface area contributed by atoms with Gasteiger partial charge in [0.1, 0.15) is 5.75 Å². The second kappa shape index (κ2) is 7.96. The number of hydrogen-bond acceptors (Lipinski definition) is 7. The van der Waals surface area contributed by atoms with Crippen LogP contribution in [0.2, 0.25) is 0 Å². The van der Waals surface area contributed by atoms with E-state index in [1.54, 1.807) is 29.2 Å². The van der Waals surface area contributed by atoms with E-state index >= 15 is 0 Å². The fourth-order valence-corrected chi connectivity index (χ4v) is 3.81. The summed E-state index contributed by atoms with van der Waals surface area (Å²) in [5.41, 5.74) is 0.982. The molecule has 2 heterocycles. The van der Waals surface area contributed by atoms with Crippen LogP contribution in [0.3, 0.4) is 0 Å². The zero-order valence-electron chi connectivity index (χ0n) is 14.6. The lowest BCUT2D eigenvalue weighted by Gasteiger charge is -2.26. The van der Waals surface area contributed by atoms with Gasteiger partial charge in [-0.25, -0.2) is 8.42 Å². The number of nitrogens with zero attached hydrogens (tertiary/aromatic N) is 3. The first-order chi connectivity index (χ1) is 12.4. The van der Waals surface area contributed by atoms with E-state index in [1.165, 1.54) is 0 Å². The van der Waals surface area contributed by atoms with Gasteiger partial charge in [-0.15, -0.1) is 0 Å². The smallest absolute Gasteiger partial charge is 0.227 e. The number of morpholine rings is 1. The molecular formula is C17H21N3O5S. The highest BCUT2D eigenvalue weighted by Gasteiger charge is 2.21. The van der Waals surface area contributed by atoms with Crippen molar-refractivity contribution in [2.75, 3.05) is 26.3 Å². The zero-order valence-corrected chi connectivity index (χ0v) is 15.4. The summed E-state index contributed by atoms with van der Waals surface area (Å²) < 4.78 is 35.1. The Morgan fingerprint density at radius 1 is 1.19 bits per heavy atom. The van der Waals surface area contributed by atoms with Crippen molar-refractivity contribution < 1.29 is 22.5 Å². The van der Waals surface area contributed by atoms with Crippen LogP contribution >= 0.6 is 0 Å². The standard InChI is InChI=1S/C17H21N3O5S/c1-13-2-4-14(5-3-13)26(22,23)12-15-18-16(25-19-15)6-7-17(21)20-8-10-24-11-9-20/h2-5H,6-12H2,1H3. The molecule has 0 radical (unpaired) electrons. The quantitative estimate of drug-likeness (QED) is 0.741. The lowest BCUT2D eigenvalue weighted by atomic mass is 10.2. The molecule has 0 N–H and O–H groups in total. The summed E-state index contributed by atoms with van der Waals surface area (Å²) >= 11 is 0. The maximum atomic E-state index is 12.4. The second-order valence-corrected chi connectivity index (χ2v) is 8.16. The molecule has 0 unspecified atom stereocenters. The first-order valence-corrected chi connectivity index (χ1v) is 10.1. The van der Waals surface area contributed by atoms with Gasteiger partial charge >= 0.3 is 0 Å². The van der Waals surface area contributed by atoms with Gasteiger partial charge in [0, 0.05) is 25.9 Å². The summed E-state index contributed by atoms with van der Waals surface area (Å²) in [4.78, 5) is 18.2. The van der Waals surface area contributed by atoms with E-state index in [-0.39, 0.29) is 41.1 Å². The van der Waals surface area contributed by atoms with Crippen LogP contribution in [-0.2, 0) is 31.5 Å². The maximum Gasteiger partial charge on any atom is 0.227 e. The lowest BCUT2D eigenvalue weighted by molar-refractivity contribution is -0.135. The Labute approximate surface area is 152 Å². The molecule has 1 saturated heterocycles. The Morgan fingerprint density at radius 3 is 2.58 bits per heavy atom. The van der Waals surface area contributed by atoms with E-state index < -0.39 is 9.84 Å². The molecule has 0 aliphatic carbocycles. The molecular weight excluding hydrogens is 358 g/mol. The molecule has 3 rings (SSSR count). The summed E-state index contributed by atoms with van der Waals surface area (Å²) in [6.45, 7) is 4.16. The molecule has 0 bridgehead atoms. The predicted octanol–water partition coefficient (Wildman–Crippen LogP) is 1.14. The highest BCUT2D eigenvalue weighted by Crippen LogP contribution is 2.16. The number of aromatic nitrogens is 2. The van der Waals surface area contributed by atoms with Crippen LogP contribution in [0.5, 0.6) is 0 Å². The van der Waals surface area contributed by atoms with Crippen molar-refractivity contribution in [2.45, 2.75) is 30.4 Å². The number of amides is 1. The van der Waals surface area contributed by atoms with Crippen LogP contribution in [-0.4, -0.2) is 55.7 Å². The van der Waals surface area contributed by atoms with Gasteiger partial charge in [0.15, 0.2) is 15.7 Å². The predicted molar refractivity (Wildman–Crippen MR) is 92.1 cm³/mol. The van der Waals surface area contributed by atoms with Crippen LogP contribution in [0.1, 0.15) is 23.7 Å². The van der Waals surface area contributed by atoms with E-state index in [4.69, 9.17) is 9.26 Å². The normalized spacial score (nSPS) is 15.2. The maximum absolute atomic E-state index is 12.4. The number of carbonyl (C=O) groups is 1. The van der Waals surface area contributed by atoms with Gasteiger partial charge in [-0.05, 0) is 19.1 Å². The van der Waals surface area contributed by atoms with Gasteiger partial charge in [-0.2, -0.15) is 4.98 Å². The molecule has 26 heavy (non-hydrogen) atoms. The Hall–Kier alpha value is -2.26. The number of ether oxygens (including phenoxy) is 1. The van der Waals surface area contributed by atoms with Crippen molar-refractivity contribution in [3.8, 4) is 0 Å². The fourth-order valence-electron chi connectivity index (χ4n) is 2.63. The molecule has 0 spiro atoms. The lowest BCUT2D eigenvalue weighted by Crippen LogP contribution is -2.40. The van der Waals surface area contributed by atoms with Crippen LogP contribution in [0.15, 0.2) is 33.7 Å². The molecule has 0 atom stereocenters. The molecule has 0 saturated carbocycles. The molecule has 1 aromatic heterocycles. The summed E-state index contributed by atoms with van der Waals surface area (Å²) in [6.07, 6.45) is 0.528. The van der Waals surface area contributed by atoms with Gasteiger partial charge < -0.3 is 14.2 Å². The zero-order chi connectivity index (χ0) is 18.6. The topological polar surface area (TPSA) is 103 Å². The van der Waals surface area contributed by atoms with E-state index in [1.807, 2.05) is 6.92 Å². The number of sulfone groups is 1. The minimum Gasteiger partial charge on any atom is -0.378 e. The molecule has 8 nitrogen and oxygen atoms in total. The van der Waals surface area contributed by atoms with Crippen molar-refractivity contribution >= 4 is 15.7 Å². The third-order valence-corrected chi connectivity index (χ3v) is 5.75. The van der Waals surface area contributed by atoms with E-state index in [2.05, 4.69) is 10.1 Å². The number of carbonyl (C=O) groups excluding carboxylic acids is 1. The third kappa shape index (κ3) is 4.67. The number of rotatable bonds is 6. The van der Waals surface area contributed by atoms with Crippen molar-refractivity contribution in [1.82, 2.24) is 15.0 Å². The van der Waals surface area contributed by atoms with Crippen LogP contribution in [0.4, 0.5) is 0 Å². The van der Waals surface area contributed by atoms with Gasteiger partial charge in [0.25, 0.3) is 0 Å². The minimum atomic E-state index is -3.54. The summed E-state index contributed by atoms with van der Waals surface area (Å²) in [5.74, 6) is 0.0252. The van der Waals surface area contributed by atoms with Gasteiger partial charge in [-0.1, -0.05) is 22.9 Å². The Bertz CT molecular complexity index is 855. The molecule has 2 aromatic rings. The van der Waals surface area contributed by atoms with Gasteiger partial charge in [0.2, 0.25) is 11.8 Å². The van der Waals surface area contributed by atoms with Crippen LogP contribution in [0.25, 0.3) is 0 Å². The van der Waals surface area contributed by atoms with E-state index in [0.29, 0.717) is 26.3 Å². The molecule has 1 aliphatic heterocycles. The molecule has 1 amide bonds. The van der Waals surface area contributed by atoms with Crippen molar-refractivity contribution in [1.29, 1.82) is 0 Å². The summed E-state index contributed by atoms with van der Waals surface area (Å²) in [6, 6.07) is 6.61. The molecule has 1 aromatic carbocycles. The molecule has 9 heteroatoms. The molecule has 140 valence electrons. The molecule has 1 aliphatic rings. The Kier molecular flexibility index (Phi) is 5.67. The number of aryl methyl sites for hydroxylation is 2. The summed E-state index contributed by atoms with van der Waals surface area (Å²) in [7, 11) is -3.54. The van der Waals surface area contributed by atoms with E-state index in [0.717, 1.165) is 5.56 Å². The largest absolute Gasteiger partial charge is 0.378 e.